The molecule has 0 aliphatic rings. The molecule has 9 heteroatoms. The third-order valence-corrected chi connectivity index (χ3v) is 4.74. The van der Waals surface area contributed by atoms with Crippen molar-refractivity contribution in [1.29, 1.82) is 0 Å². The largest absolute Gasteiger partial charge is 0.326 e. The molecule has 0 unspecified atom stereocenters. The number of aromatic amines is 1. The van der Waals surface area contributed by atoms with E-state index in [4.69, 9.17) is 0 Å². The van der Waals surface area contributed by atoms with Gasteiger partial charge in [0, 0.05) is 30.2 Å². The first-order valence-electron chi connectivity index (χ1n) is 10.2. The Kier molecular flexibility index (Phi) is 6.07. The van der Waals surface area contributed by atoms with Crippen molar-refractivity contribution in [3.8, 4) is 0 Å². The lowest BCUT2D eigenvalue weighted by atomic mass is 10.2. The van der Waals surface area contributed by atoms with Gasteiger partial charge in [0.15, 0.2) is 5.82 Å². The molecule has 162 valence electrons. The van der Waals surface area contributed by atoms with Crippen LogP contribution >= 0.6 is 0 Å². The number of rotatable bonds is 7. The van der Waals surface area contributed by atoms with E-state index >= 15 is 0 Å². The number of nitrogens with one attached hydrogen (secondary N) is 3. The molecule has 1 amide bonds. The van der Waals surface area contributed by atoms with Crippen LogP contribution in [0.2, 0.25) is 0 Å². The molecule has 2 heterocycles. The number of benzene rings is 2. The minimum absolute atomic E-state index is 0.135. The molecule has 0 bridgehead atoms. The van der Waals surface area contributed by atoms with Crippen molar-refractivity contribution < 1.29 is 4.79 Å². The number of aromatic nitrogens is 5. The Balaban J connectivity index is 1.44. The zero-order valence-electron chi connectivity index (χ0n) is 18.1. The van der Waals surface area contributed by atoms with Gasteiger partial charge in [-0.1, -0.05) is 35.9 Å². The highest BCUT2D eigenvalue weighted by Gasteiger charge is 2.13. The second-order valence-corrected chi connectivity index (χ2v) is 7.40. The predicted molar refractivity (Wildman–Crippen MR) is 124 cm³/mol. The second-order valence-electron chi connectivity index (χ2n) is 7.40. The van der Waals surface area contributed by atoms with E-state index in [9.17, 15) is 4.79 Å². The lowest BCUT2D eigenvalue weighted by molar-refractivity contribution is -0.115. The molecule has 9 nitrogen and oxygen atoms in total. The lowest BCUT2D eigenvalue weighted by Gasteiger charge is -2.18. The molecule has 0 fully saturated rings. The highest BCUT2D eigenvalue weighted by atomic mass is 16.1. The summed E-state index contributed by atoms with van der Waals surface area (Å²) in [6.45, 7) is 3.85. The van der Waals surface area contributed by atoms with Gasteiger partial charge in [0.05, 0.1) is 6.42 Å². The molecular formula is C23H24N8O. The van der Waals surface area contributed by atoms with Crippen molar-refractivity contribution in [2.24, 2.45) is 0 Å². The average Bonchev–Trinajstić information content (AvgIpc) is 3.20. The Bertz CT molecular complexity index is 1200. The number of carbonyl (C=O) groups is 1. The van der Waals surface area contributed by atoms with Gasteiger partial charge >= 0.3 is 0 Å². The van der Waals surface area contributed by atoms with Crippen LogP contribution in [0.25, 0.3) is 0 Å². The maximum absolute atomic E-state index is 12.3. The minimum atomic E-state index is -0.135. The van der Waals surface area contributed by atoms with E-state index in [1.165, 1.54) is 5.56 Å². The predicted octanol–water partition coefficient (Wildman–Crippen LogP) is 3.90. The van der Waals surface area contributed by atoms with Crippen LogP contribution in [0, 0.1) is 13.8 Å². The number of carbonyl (C=O) groups excluding carboxylic acids is 1. The van der Waals surface area contributed by atoms with Crippen LogP contribution in [-0.4, -0.2) is 38.1 Å². The normalized spacial score (nSPS) is 10.6. The monoisotopic (exact) mass is 428 g/mol. The molecule has 0 aliphatic carbocycles. The summed E-state index contributed by atoms with van der Waals surface area (Å²) in [6, 6.07) is 19.2. The zero-order valence-corrected chi connectivity index (χ0v) is 18.1. The van der Waals surface area contributed by atoms with Crippen LogP contribution < -0.4 is 15.5 Å². The summed E-state index contributed by atoms with van der Waals surface area (Å²) in [7, 11) is 1.90. The van der Waals surface area contributed by atoms with Crippen LogP contribution in [0.1, 0.15) is 17.1 Å². The van der Waals surface area contributed by atoms with Gasteiger partial charge in [-0.05, 0) is 38.1 Å². The van der Waals surface area contributed by atoms with Gasteiger partial charge < -0.3 is 15.5 Å². The summed E-state index contributed by atoms with van der Waals surface area (Å²) in [6.07, 6.45) is 0.168. The number of anilines is 5. The number of nitrogens with zero attached hydrogens (tertiary/aromatic N) is 5. The fourth-order valence-corrected chi connectivity index (χ4v) is 3.09. The Morgan fingerprint density at radius 2 is 1.75 bits per heavy atom. The van der Waals surface area contributed by atoms with Gasteiger partial charge in [0.25, 0.3) is 0 Å². The van der Waals surface area contributed by atoms with Crippen molar-refractivity contribution in [3.05, 3.63) is 77.7 Å². The number of hydrogen-bond acceptors (Lipinski definition) is 7. The van der Waals surface area contributed by atoms with E-state index < -0.39 is 0 Å². The van der Waals surface area contributed by atoms with Crippen molar-refractivity contribution in [2.45, 2.75) is 20.3 Å². The number of aryl methyl sites for hydroxylation is 2. The minimum Gasteiger partial charge on any atom is -0.326 e. The first-order valence-corrected chi connectivity index (χ1v) is 10.2. The molecule has 2 aromatic carbocycles. The topological polar surface area (TPSA) is 112 Å². The average molecular weight is 429 g/mol. The molecule has 3 N–H and O–H groups in total. The molecule has 32 heavy (non-hydrogen) atoms. The molecule has 4 rings (SSSR count). The number of para-hydroxylation sites is 1. The van der Waals surface area contributed by atoms with Crippen LogP contribution in [0.3, 0.4) is 0 Å². The molecule has 0 saturated carbocycles. The maximum Gasteiger partial charge on any atom is 0.234 e. The highest BCUT2D eigenvalue weighted by molar-refractivity contribution is 5.92. The van der Waals surface area contributed by atoms with E-state index in [1.807, 2.05) is 80.4 Å². The molecule has 0 atom stereocenters. The molecule has 0 radical (unpaired) electrons. The maximum atomic E-state index is 12.3. The number of amides is 1. The van der Waals surface area contributed by atoms with Crippen molar-refractivity contribution in [3.63, 3.8) is 0 Å². The fraction of sp³-hybridized carbons (Fsp3) is 0.174. The van der Waals surface area contributed by atoms with Gasteiger partial charge in [0.1, 0.15) is 5.82 Å². The van der Waals surface area contributed by atoms with Crippen molar-refractivity contribution in [2.75, 3.05) is 22.6 Å². The molecular weight excluding hydrogens is 404 g/mol. The smallest absolute Gasteiger partial charge is 0.234 e. The SMILES string of the molecule is Cc1ccc(N(C)c2nc(C)nc(Nc3cc(CC(=O)Nc4ccccc4)[nH]n3)n2)cc1. The number of hydrogen-bond donors (Lipinski definition) is 3. The summed E-state index contributed by atoms with van der Waals surface area (Å²) in [5, 5.41) is 13.0. The first kappa shape index (κ1) is 21.0. The van der Waals surface area contributed by atoms with Crippen LogP contribution in [0.15, 0.2) is 60.7 Å². The summed E-state index contributed by atoms with van der Waals surface area (Å²) < 4.78 is 0. The summed E-state index contributed by atoms with van der Waals surface area (Å²) in [5.41, 5.74) is 3.58. The van der Waals surface area contributed by atoms with Crippen molar-refractivity contribution >= 4 is 35.0 Å². The van der Waals surface area contributed by atoms with Gasteiger partial charge in [-0.2, -0.15) is 20.1 Å². The van der Waals surface area contributed by atoms with Gasteiger partial charge in [-0.25, -0.2) is 0 Å². The standard InChI is InChI=1S/C23H24N8O/c1-15-9-11-19(12-10-15)31(3)23-25-16(2)24-22(28-23)27-20-13-18(29-30-20)14-21(32)26-17-7-5-4-6-8-17/h4-13H,14H2,1-3H3,(H,26,32)(H2,24,25,27,28,29,30). The van der Waals surface area contributed by atoms with Crippen molar-refractivity contribution in [1.82, 2.24) is 25.1 Å². The van der Waals surface area contributed by atoms with E-state index in [0.29, 0.717) is 29.2 Å². The Morgan fingerprint density at radius 3 is 2.50 bits per heavy atom. The molecule has 0 saturated heterocycles. The van der Waals surface area contributed by atoms with Gasteiger partial charge in [-0.15, -0.1) is 0 Å². The molecule has 0 aliphatic heterocycles. The van der Waals surface area contributed by atoms with Gasteiger partial charge in [0.2, 0.25) is 17.8 Å². The van der Waals surface area contributed by atoms with Crippen LogP contribution in [0.4, 0.5) is 29.1 Å². The third-order valence-electron chi connectivity index (χ3n) is 4.74. The lowest BCUT2D eigenvalue weighted by Crippen LogP contribution is -2.15. The molecule has 4 aromatic rings. The third kappa shape index (κ3) is 5.25. The fourth-order valence-electron chi connectivity index (χ4n) is 3.09. The highest BCUT2D eigenvalue weighted by Crippen LogP contribution is 2.22. The Labute approximate surface area is 186 Å². The van der Waals surface area contributed by atoms with E-state index in [-0.39, 0.29) is 12.3 Å². The Morgan fingerprint density at radius 1 is 1.00 bits per heavy atom. The Hall–Kier alpha value is -4.27. The summed E-state index contributed by atoms with van der Waals surface area (Å²) in [4.78, 5) is 27.5. The first-order chi connectivity index (χ1) is 15.5. The van der Waals surface area contributed by atoms with E-state index in [1.54, 1.807) is 6.07 Å². The van der Waals surface area contributed by atoms with E-state index in [0.717, 1.165) is 11.4 Å². The molecule has 0 spiro atoms. The quantitative estimate of drug-likeness (QED) is 0.409. The summed E-state index contributed by atoms with van der Waals surface area (Å²) >= 11 is 0. The van der Waals surface area contributed by atoms with Gasteiger partial charge in [-0.3, -0.25) is 9.89 Å². The molecule has 2 aromatic heterocycles. The van der Waals surface area contributed by atoms with Crippen LogP contribution in [0.5, 0.6) is 0 Å². The van der Waals surface area contributed by atoms with Crippen LogP contribution in [-0.2, 0) is 11.2 Å². The van der Waals surface area contributed by atoms with E-state index in [2.05, 4.69) is 35.8 Å². The second kappa shape index (κ2) is 9.25. The number of H-pyrrole nitrogens is 1. The summed E-state index contributed by atoms with van der Waals surface area (Å²) in [5.74, 6) is 1.85. The zero-order chi connectivity index (χ0) is 22.5.